The van der Waals surface area contributed by atoms with Crippen LogP contribution in [0.3, 0.4) is 0 Å². The minimum absolute atomic E-state index is 0.250. The number of hydrogen-bond donors (Lipinski definition) is 1. The second-order valence-corrected chi connectivity index (χ2v) is 6.40. The van der Waals surface area contributed by atoms with Gasteiger partial charge >= 0.3 is 0 Å². The third-order valence-electron chi connectivity index (χ3n) is 3.85. The summed E-state index contributed by atoms with van der Waals surface area (Å²) < 4.78 is 0. The summed E-state index contributed by atoms with van der Waals surface area (Å²) in [5.74, 6) is 1.15. The van der Waals surface area contributed by atoms with Crippen LogP contribution in [0.2, 0.25) is 0 Å². The van der Waals surface area contributed by atoms with Gasteiger partial charge in [0.25, 0.3) is 0 Å². The fraction of sp³-hybridized carbons (Fsp3) is 0.400. The highest BCUT2D eigenvalue weighted by Crippen LogP contribution is 2.41. The van der Waals surface area contributed by atoms with Crippen molar-refractivity contribution >= 4 is 22.7 Å². The van der Waals surface area contributed by atoms with Gasteiger partial charge in [-0.05, 0) is 42.4 Å². The monoisotopic (exact) mass is 259 g/mol. The van der Waals surface area contributed by atoms with Crippen LogP contribution in [0.4, 0.5) is 0 Å². The molecule has 1 N–H and O–H groups in total. The van der Waals surface area contributed by atoms with E-state index in [0.717, 1.165) is 35.1 Å². The van der Waals surface area contributed by atoms with E-state index in [9.17, 15) is 5.11 Å². The second kappa shape index (κ2) is 4.56. The number of benzene rings is 1. The van der Waals surface area contributed by atoms with Gasteiger partial charge in [0.1, 0.15) is 5.60 Å². The van der Waals surface area contributed by atoms with Crippen LogP contribution in [0.15, 0.2) is 36.5 Å². The van der Waals surface area contributed by atoms with Gasteiger partial charge in [0.15, 0.2) is 0 Å². The summed E-state index contributed by atoms with van der Waals surface area (Å²) >= 11 is 1.86. The van der Waals surface area contributed by atoms with E-state index in [-0.39, 0.29) is 5.25 Å². The molecule has 2 atom stereocenters. The SMILES string of the molecule is CC1SCCCC1(O)c1ccc2ncccc2c1. The number of thioether (sulfide) groups is 1. The van der Waals surface area contributed by atoms with E-state index >= 15 is 0 Å². The number of hydrogen-bond acceptors (Lipinski definition) is 3. The number of rotatable bonds is 1. The average molecular weight is 259 g/mol. The summed E-state index contributed by atoms with van der Waals surface area (Å²) in [4.78, 5) is 4.32. The molecule has 0 bridgehead atoms. The third kappa shape index (κ3) is 1.91. The standard InChI is InChI=1S/C15H17NOS/c1-11-15(17,7-3-9-18-11)13-5-6-14-12(10-13)4-2-8-16-14/h2,4-6,8,10-11,17H,3,7,9H2,1H3. The molecule has 1 aromatic carbocycles. The Labute approximate surface area is 111 Å². The van der Waals surface area contributed by atoms with Crippen LogP contribution in [0.25, 0.3) is 10.9 Å². The number of fused-ring (bicyclic) bond motifs is 1. The van der Waals surface area contributed by atoms with Crippen LogP contribution in [0.1, 0.15) is 25.3 Å². The molecule has 0 saturated carbocycles. The molecule has 2 nitrogen and oxygen atoms in total. The molecule has 1 aliphatic heterocycles. The minimum Gasteiger partial charge on any atom is -0.384 e. The number of aliphatic hydroxyl groups is 1. The van der Waals surface area contributed by atoms with Gasteiger partial charge in [-0.25, -0.2) is 0 Å². The lowest BCUT2D eigenvalue weighted by atomic mass is 9.85. The van der Waals surface area contributed by atoms with Gasteiger partial charge in [0, 0.05) is 16.8 Å². The molecule has 2 heterocycles. The van der Waals surface area contributed by atoms with Gasteiger partial charge in [-0.1, -0.05) is 19.1 Å². The lowest BCUT2D eigenvalue weighted by Gasteiger charge is -2.38. The molecule has 0 amide bonds. The van der Waals surface area contributed by atoms with Crippen LogP contribution in [0.5, 0.6) is 0 Å². The van der Waals surface area contributed by atoms with Gasteiger partial charge < -0.3 is 5.11 Å². The van der Waals surface area contributed by atoms with E-state index in [1.54, 1.807) is 6.20 Å². The molecule has 0 spiro atoms. The molecular weight excluding hydrogens is 242 g/mol. The third-order valence-corrected chi connectivity index (χ3v) is 5.26. The Kier molecular flexibility index (Phi) is 3.04. The van der Waals surface area contributed by atoms with Crippen LogP contribution < -0.4 is 0 Å². The Morgan fingerprint density at radius 2 is 2.28 bits per heavy atom. The zero-order chi connectivity index (χ0) is 12.6. The van der Waals surface area contributed by atoms with Gasteiger partial charge in [-0.15, -0.1) is 0 Å². The highest BCUT2D eigenvalue weighted by molar-refractivity contribution is 8.00. The number of nitrogens with zero attached hydrogens (tertiary/aromatic N) is 1. The normalized spacial score (nSPS) is 28.4. The van der Waals surface area contributed by atoms with Gasteiger partial charge in [0.2, 0.25) is 0 Å². The van der Waals surface area contributed by atoms with E-state index in [0.29, 0.717) is 0 Å². The number of pyridine rings is 1. The first-order valence-electron chi connectivity index (χ1n) is 6.39. The summed E-state index contributed by atoms with van der Waals surface area (Å²) in [5.41, 5.74) is 1.33. The maximum atomic E-state index is 10.9. The van der Waals surface area contributed by atoms with Crippen molar-refractivity contribution in [3.05, 3.63) is 42.1 Å². The molecule has 1 saturated heterocycles. The molecule has 2 unspecified atom stereocenters. The van der Waals surface area contributed by atoms with Crippen LogP contribution >= 0.6 is 11.8 Å². The maximum absolute atomic E-state index is 10.9. The first-order chi connectivity index (χ1) is 8.70. The Bertz CT molecular complexity index is 571. The zero-order valence-corrected chi connectivity index (χ0v) is 11.3. The second-order valence-electron chi connectivity index (χ2n) is 4.95. The van der Waals surface area contributed by atoms with E-state index in [4.69, 9.17) is 0 Å². The Morgan fingerprint density at radius 1 is 1.39 bits per heavy atom. The fourth-order valence-electron chi connectivity index (χ4n) is 2.67. The first-order valence-corrected chi connectivity index (χ1v) is 7.44. The highest BCUT2D eigenvalue weighted by Gasteiger charge is 2.38. The van der Waals surface area contributed by atoms with Crippen LogP contribution in [-0.2, 0) is 5.60 Å². The summed E-state index contributed by atoms with van der Waals surface area (Å²) in [5, 5.41) is 12.3. The molecule has 94 valence electrons. The van der Waals surface area contributed by atoms with Gasteiger partial charge in [-0.3, -0.25) is 4.98 Å². The van der Waals surface area contributed by atoms with E-state index in [2.05, 4.69) is 24.0 Å². The van der Waals surface area contributed by atoms with Crippen molar-refractivity contribution in [2.24, 2.45) is 0 Å². The van der Waals surface area contributed by atoms with Crippen molar-refractivity contribution in [3.8, 4) is 0 Å². The molecule has 0 radical (unpaired) electrons. The van der Waals surface area contributed by atoms with Gasteiger partial charge in [-0.2, -0.15) is 11.8 Å². The fourth-order valence-corrected chi connectivity index (χ4v) is 3.86. The lowest BCUT2D eigenvalue weighted by molar-refractivity contribution is 0.0255. The summed E-state index contributed by atoms with van der Waals surface area (Å²) in [6, 6.07) is 10.1. The smallest absolute Gasteiger partial charge is 0.101 e. The van der Waals surface area contributed by atoms with Crippen LogP contribution in [0, 0.1) is 0 Å². The molecule has 3 rings (SSSR count). The topological polar surface area (TPSA) is 33.1 Å². The van der Waals surface area contributed by atoms with E-state index in [1.807, 2.05) is 30.0 Å². The molecule has 1 aromatic heterocycles. The maximum Gasteiger partial charge on any atom is 0.101 e. The first kappa shape index (κ1) is 12.0. The van der Waals surface area contributed by atoms with Crippen molar-refractivity contribution in [1.82, 2.24) is 4.98 Å². The molecule has 3 heteroatoms. The molecule has 0 aliphatic carbocycles. The van der Waals surface area contributed by atoms with E-state index in [1.165, 1.54) is 0 Å². The molecular formula is C15H17NOS. The van der Waals surface area contributed by atoms with Crippen molar-refractivity contribution in [3.63, 3.8) is 0 Å². The summed E-state index contributed by atoms with van der Waals surface area (Å²) in [7, 11) is 0. The summed E-state index contributed by atoms with van der Waals surface area (Å²) in [6.07, 6.45) is 3.74. The molecule has 1 aliphatic rings. The predicted octanol–water partition coefficient (Wildman–Crippen LogP) is 3.34. The van der Waals surface area contributed by atoms with Crippen molar-refractivity contribution in [2.75, 3.05) is 5.75 Å². The Morgan fingerprint density at radius 3 is 3.11 bits per heavy atom. The number of aromatic nitrogens is 1. The quantitative estimate of drug-likeness (QED) is 0.852. The average Bonchev–Trinajstić information content (AvgIpc) is 2.42. The van der Waals surface area contributed by atoms with Crippen LogP contribution in [-0.4, -0.2) is 21.1 Å². The largest absolute Gasteiger partial charge is 0.384 e. The van der Waals surface area contributed by atoms with Crippen molar-refractivity contribution in [2.45, 2.75) is 30.6 Å². The van der Waals surface area contributed by atoms with Gasteiger partial charge in [0.05, 0.1) is 5.52 Å². The molecule has 2 aromatic rings. The zero-order valence-electron chi connectivity index (χ0n) is 10.5. The van der Waals surface area contributed by atoms with Crippen molar-refractivity contribution < 1.29 is 5.11 Å². The minimum atomic E-state index is -0.688. The Hall–Kier alpha value is -1.06. The molecule has 1 fully saturated rings. The lowest BCUT2D eigenvalue weighted by Crippen LogP contribution is -2.38. The van der Waals surface area contributed by atoms with Crippen molar-refractivity contribution in [1.29, 1.82) is 0 Å². The highest BCUT2D eigenvalue weighted by atomic mass is 32.2. The van der Waals surface area contributed by atoms with E-state index < -0.39 is 5.60 Å². The predicted molar refractivity (Wildman–Crippen MR) is 76.8 cm³/mol. The Balaban J connectivity index is 2.07. The summed E-state index contributed by atoms with van der Waals surface area (Å²) in [6.45, 7) is 2.12. The molecule has 18 heavy (non-hydrogen) atoms.